The zero-order valence-corrected chi connectivity index (χ0v) is 10.8. The van der Waals surface area contributed by atoms with E-state index in [2.05, 4.69) is 0 Å². The molecule has 1 aliphatic rings. The van der Waals surface area contributed by atoms with E-state index in [1.165, 1.54) is 19.2 Å². The molecule has 0 spiro atoms. The highest BCUT2D eigenvalue weighted by molar-refractivity contribution is 6.29. The largest absolute Gasteiger partial charge is 0.504 e. The smallest absolute Gasteiger partial charge is 0.178 e. The molecule has 0 unspecified atom stereocenters. The Hall–Kier alpha value is -2.62. The van der Waals surface area contributed by atoms with E-state index in [-0.39, 0.29) is 23.1 Å². The van der Waals surface area contributed by atoms with E-state index in [9.17, 15) is 14.7 Å². The van der Waals surface area contributed by atoms with Gasteiger partial charge in [0.15, 0.2) is 23.1 Å². The van der Waals surface area contributed by atoms with Crippen LogP contribution in [0.1, 0.15) is 32.2 Å². The Morgan fingerprint density at radius 2 is 1.60 bits per heavy atom. The fourth-order valence-electron chi connectivity index (χ4n) is 2.52. The third-order valence-electron chi connectivity index (χ3n) is 3.52. The molecule has 0 heterocycles. The molecule has 2 aromatic rings. The monoisotopic (exact) mass is 268 g/mol. The van der Waals surface area contributed by atoms with Crippen LogP contribution in [0.15, 0.2) is 42.5 Å². The van der Waals surface area contributed by atoms with Crippen LogP contribution in [0.5, 0.6) is 11.5 Å². The minimum atomic E-state index is -0.845. The van der Waals surface area contributed by atoms with Crippen molar-refractivity contribution in [1.82, 2.24) is 0 Å². The molecule has 100 valence electrons. The van der Waals surface area contributed by atoms with Gasteiger partial charge < -0.3 is 9.84 Å². The van der Waals surface area contributed by atoms with Crippen LogP contribution < -0.4 is 4.74 Å². The minimum absolute atomic E-state index is 0.0216. The maximum absolute atomic E-state index is 12.4. The van der Waals surface area contributed by atoms with Gasteiger partial charge in [-0.15, -0.1) is 0 Å². The summed E-state index contributed by atoms with van der Waals surface area (Å²) in [5.41, 5.74) is 1.44. The normalized spacial score (nSPS) is 14.4. The molecule has 3 rings (SSSR count). The molecule has 0 aliphatic heterocycles. The van der Waals surface area contributed by atoms with Crippen molar-refractivity contribution in [1.29, 1.82) is 0 Å². The standard InChI is InChI=1S/C16H12O4/c1-20-13-8-9(6-7-12(13)17)14-15(18)10-4-2-3-5-11(10)16(14)19/h2-8,14,17H,1H3. The molecule has 1 aliphatic carbocycles. The third kappa shape index (κ3) is 1.69. The SMILES string of the molecule is COc1cc(C2C(=O)c3ccccc3C2=O)ccc1O. The van der Waals surface area contributed by atoms with E-state index in [1.807, 2.05) is 0 Å². The molecule has 0 bridgehead atoms. The lowest BCUT2D eigenvalue weighted by atomic mass is 9.94. The number of ketones is 2. The highest BCUT2D eigenvalue weighted by Gasteiger charge is 2.39. The van der Waals surface area contributed by atoms with Gasteiger partial charge in [0, 0.05) is 11.1 Å². The molecule has 1 N–H and O–H groups in total. The number of ether oxygens (including phenoxy) is 1. The maximum Gasteiger partial charge on any atom is 0.178 e. The van der Waals surface area contributed by atoms with E-state index in [0.29, 0.717) is 16.7 Å². The summed E-state index contributed by atoms with van der Waals surface area (Å²) in [4.78, 5) is 24.7. The van der Waals surface area contributed by atoms with Crippen LogP contribution in [0.4, 0.5) is 0 Å². The summed E-state index contributed by atoms with van der Waals surface area (Å²) in [6.07, 6.45) is 0. The molecule has 0 amide bonds. The van der Waals surface area contributed by atoms with Crippen molar-refractivity contribution in [3.8, 4) is 11.5 Å². The Morgan fingerprint density at radius 3 is 2.15 bits per heavy atom. The van der Waals surface area contributed by atoms with Gasteiger partial charge in [0.2, 0.25) is 0 Å². The van der Waals surface area contributed by atoms with Gasteiger partial charge in [0.05, 0.1) is 7.11 Å². The van der Waals surface area contributed by atoms with Crippen molar-refractivity contribution in [3.63, 3.8) is 0 Å². The van der Waals surface area contributed by atoms with Crippen LogP contribution in [0.3, 0.4) is 0 Å². The van der Waals surface area contributed by atoms with Crippen LogP contribution in [0.2, 0.25) is 0 Å². The van der Waals surface area contributed by atoms with Gasteiger partial charge >= 0.3 is 0 Å². The highest BCUT2D eigenvalue weighted by atomic mass is 16.5. The van der Waals surface area contributed by atoms with Crippen LogP contribution >= 0.6 is 0 Å². The number of hydrogen-bond acceptors (Lipinski definition) is 4. The fraction of sp³-hybridized carbons (Fsp3) is 0.125. The van der Waals surface area contributed by atoms with Crippen molar-refractivity contribution in [2.24, 2.45) is 0 Å². The van der Waals surface area contributed by atoms with Crippen LogP contribution in [0.25, 0.3) is 0 Å². The number of Topliss-reactive ketones (excluding diaryl/α,β-unsaturated/α-hetero) is 2. The Balaban J connectivity index is 2.09. The first kappa shape index (κ1) is 12.4. The number of aromatic hydroxyl groups is 1. The first-order chi connectivity index (χ1) is 9.63. The molecule has 0 saturated heterocycles. The Bertz CT molecular complexity index is 683. The molecular formula is C16H12O4. The van der Waals surface area contributed by atoms with Gasteiger partial charge in [-0.3, -0.25) is 9.59 Å². The van der Waals surface area contributed by atoms with Crippen molar-refractivity contribution >= 4 is 11.6 Å². The number of phenolic OH excluding ortho intramolecular Hbond substituents is 1. The molecule has 0 radical (unpaired) electrons. The van der Waals surface area contributed by atoms with Crippen LogP contribution in [-0.2, 0) is 0 Å². The van der Waals surface area contributed by atoms with Crippen molar-refractivity contribution < 1.29 is 19.4 Å². The number of carbonyl (C=O) groups excluding carboxylic acids is 2. The van der Waals surface area contributed by atoms with E-state index in [4.69, 9.17) is 4.74 Å². The predicted octanol–water partition coefficient (Wildman–Crippen LogP) is 2.56. The lowest BCUT2D eigenvalue weighted by Crippen LogP contribution is -2.12. The van der Waals surface area contributed by atoms with Gasteiger partial charge in [0.1, 0.15) is 5.92 Å². The fourth-order valence-corrected chi connectivity index (χ4v) is 2.52. The molecule has 0 aromatic heterocycles. The van der Waals surface area contributed by atoms with Gasteiger partial charge in [-0.2, -0.15) is 0 Å². The summed E-state index contributed by atoms with van der Waals surface area (Å²) < 4.78 is 5.02. The second-order valence-corrected chi connectivity index (χ2v) is 4.64. The van der Waals surface area contributed by atoms with E-state index < -0.39 is 5.92 Å². The lowest BCUT2D eigenvalue weighted by molar-refractivity contribution is 0.0890. The highest BCUT2D eigenvalue weighted by Crippen LogP contribution is 2.37. The number of benzene rings is 2. The summed E-state index contributed by atoms with van der Waals surface area (Å²) in [5.74, 6) is -1.04. The van der Waals surface area contributed by atoms with Crippen molar-refractivity contribution in [2.45, 2.75) is 5.92 Å². The number of rotatable bonds is 2. The summed E-state index contributed by atoms with van der Waals surface area (Å²) in [5, 5.41) is 9.59. The quantitative estimate of drug-likeness (QED) is 0.850. The Labute approximate surface area is 115 Å². The Morgan fingerprint density at radius 1 is 1.00 bits per heavy atom. The van der Waals surface area contributed by atoms with Gasteiger partial charge in [0.25, 0.3) is 0 Å². The minimum Gasteiger partial charge on any atom is -0.504 e. The summed E-state index contributed by atoms with van der Waals surface area (Å²) in [6, 6.07) is 11.3. The first-order valence-corrected chi connectivity index (χ1v) is 6.18. The molecule has 2 aromatic carbocycles. The molecule has 4 nitrogen and oxygen atoms in total. The average Bonchev–Trinajstić information content (AvgIpc) is 2.72. The second-order valence-electron chi connectivity index (χ2n) is 4.64. The molecule has 4 heteroatoms. The molecule has 0 fully saturated rings. The molecule has 20 heavy (non-hydrogen) atoms. The van der Waals surface area contributed by atoms with Crippen LogP contribution in [0, 0.1) is 0 Å². The third-order valence-corrected chi connectivity index (χ3v) is 3.52. The van der Waals surface area contributed by atoms with E-state index >= 15 is 0 Å². The summed E-state index contributed by atoms with van der Waals surface area (Å²) in [7, 11) is 1.42. The average molecular weight is 268 g/mol. The van der Waals surface area contributed by atoms with E-state index in [1.54, 1.807) is 30.3 Å². The molecular weight excluding hydrogens is 256 g/mol. The molecule has 0 saturated carbocycles. The Kier molecular flexibility index (Phi) is 2.79. The number of methoxy groups -OCH3 is 1. The van der Waals surface area contributed by atoms with Crippen molar-refractivity contribution in [3.05, 3.63) is 59.2 Å². The van der Waals surface area contributed by atoms with Gasteiger partial charge in [-0.25, -0.2) is 0 Å². The maximum atomic E-state index is 12.4. The summed E-state index contributed by atoms with van der Waals surface area (Å²) >= 11 is 0. The lowest BCUT2D eigenvalue weighted by Gasteiger charge is -2.10. The molecule has 0 atom stereocenters. The topological polar surface area (TPSA) is 63.6 Å². The first-order valence-electron chi connectivity index (χ1n) is 6.18. The number of fused-ring (bicyclic) bond motifs is 1. The van der Waals surface area contributed by atoms with Gasteiger partial charge in [-0.05, 0) is 17.7 Å². The number of phenols is 1. The predicted molar refractivity (Wildman–Crippen MR) is 72.5 cm³/mol. The zero-order chi connectivity index (χ0) is 14.3. The van der Waals surface area contributed by atoms with E-state index in [0.717, 1.165) is 0 Å². The second kappa shape index (κ2) is 4.49. The number of hydrogen-bond donors (Lipinski definition) is 1. The van der Waals surface area contributed by atoms with Crippen LogP contribution in [-0.4, -0.2) is 23.8 Å². The van der Waals surface area contributed by atoms with Crippen molar-refractivity contribution in [2.75, 3.05) is 7.11 Å². The zero-order valence-electron chi connectivity index (χ0n) is 10.8. The van der Waals surface area contributed by atoms with Gasteiger partial charge in [-0.1, -0.05) is 30.3 Å². The number of carbonyl (C=O) groups is 2. The summed E-state index contributed by atoms with van der Waals surface area (Å²) in [6.45, 7) is 0.